The summed E-state index contributed by atoms with van der Waals surface area (Å²) in [5.41, 5.74) is 0. The molecule has 2 fully saturated rings. The fourth-order valence-electron chi connectivity index (χ4n) is 3.47. The normalized spacial score (nSPS) is 23.5. The van der Waals surface area contributed by atoms with Crippen LogP contribution in [0.15, 0.2) is 23.1 Å². The lowest BCUT2D eigenvalue weighted by molar-refractivity contribution is 0.165. The van der Waals surface area contributed by atoms with Crippen LogP contribution in [0.4, 0.5) is 4.39 Å². The van der Waals surface area contributed by atoms with Crippen molar-refractivity contribution in [3.05, 3.63) is 24.0 Å². The van der Waals surface area contributed by atoms with Gasteiger partial charge in [-0.3, -0.25) is 0 Å². The quantitative estimate of drug-likeness (QED) is 0.879. The number of aliphatic hydroxyl groups excluding tert-OH is 1. The number of aliphatic hydroxyl groups is 1. The summed E-state index contributed by atoms with van der Waals surface area (Å²) < 4.78 is 46.7. The van der Waals surface area contributed by atoms with Gasteiger partial charge in [0.15, 0.2) is 11.6 Å². The van der Waals surface area contributed by atoms with Crippen molar-refractivity contribution in [2.45, 2.75) is 49.5 Å². The van der Waals surface area contributed by atoms with Crippen LogP contribution in [0, 0.1) is 11.7 Å². The molecule has 3 rings (SSSR count). The summed E-state index contributed by atoms with van der Waals surface area (Å²) in [6.07, 6.45) is 5.53. The largest absolute Gasteiger partial charge is 0.487 e. The van der Waals surface area contributed by atoms with Gasteiger partial charge in [-0.1, -0.05) is 0 Å². The highest BCUT2D eigenvalue weighted by molar-refractivity contribution is 7.89. The number of hydrogen-bond acceptors (Lipinski definition) is 4. The number of ether oxygens (including phenoxy) is 1. The summed E-state index contributed by atoms with van der Waals surface area (Å²) in [5, 5.41) is 9.26. The third kappa shape index (κ3) is 3.73. The zero-order chi connectivity index (χ0) is 17.2. The van der Waals surface area contributed by atoms with Gasteiger partial charge in [0.05, 0.1) is 11.0 Å². The molecule has 134 valence electrons. The summed E-state index contributed by atoms with van der Waals surface area (Å²) in [5.74, 6) is -0.574. The highest BCUT2D eigenvalue weighted by atomic mass is 32.2. The first-order valence-electron chi connectivity index (χ1n) is 8.58. The number of hydrogen-bond donors (Lipinski definition) is 1. The molecule has 1 saturated carbocycles. The zero-order valence-corrected chi connectivity index (χ0v) is 14.5. The van der Waals surface area contributed by atoms with Crippen LogP contribution in [-0.2, 0) is 10.0 Å². The Balaban J connectivity index is 1.76. The minimum Gasteiger partial charge on any atom is -0.487 e. The van der Waals surface area contributed by atoms with E-state index >= 15 is 0 Å². The highest BCUT2D eigenvalue weighted by Gasteiger charge is 2.30. The predicted octanol–water partition coefficient (Wildman–Crippen LogP) is 2.54. The fourth-order valence-corrected chi connectivity index (χ4v) is 5.03. The summed E-state index contributed by atoms with van der Waals surface area (Å²) in [4.78, 5) is -0.0580. The minimum atomic E-state index is -3.74. The smallest absolute Gasteiger partial charge is 0.243 e. The van der Waals surface area contributed by atoms with Crippen molar-refractivity contribution in [3.63, 3.8) is 0 Å². The second kappa shape index (κ2) is 7.37. The van der Waals surface area contributed by atoms with E-state index in [1.165, 1.54) is 16.4 Å². The third-order valence-electron chi connectivity index (χ3n) is 4.88. The topological polar surface area (TPSA) is 66.8 Å². The van der Waals surface area contributed by atoms with Crippen LogP contribution in [0.2, 0.25) is 0 Å². The number of rotatable bonds is 5. The Kier molecular flexibility index (Phi) is 5.42. The molecule has 1 aliphatic carbocycles. The average Bonchev–Trinajstić information content (AvgIpc) is 3.09. The molecule has 1 atom stereocenters. The van der Waals surface area contributed by atoms with Gasteiger partial charge in [-0.15, -0.1) is 0 Å². The lowest BCUT2D eigenvalue weighted by Crippen LogP contribution is -2.40. The molecule has 0 spiro atoms. The Morgan fingerprint density at radius 3 is 2.62 bits per heavy atom. The van der Waals surface area contributed by atoms with Gasteiger partial charge in [0.25, 0.3) is 0 Å². The maximum absolute atomic E-state index is 14.3. The molecular weight excluding hydrogens is 333 g/mol. The maximum Gasteiger partial charge on any atom is 0.243 e. The molecule has 1 aromatic rings. The molecule has 1 N–H and O–H groups in total. The van der Waals surface area contributed by atoms with Gasteiger partial charge in [-0.25, -0.2) is 12.8 Å². The van der Waals surface area contributed by atoms with Gasteiger partial charge in [-0.2, -0.15) is 4.31 Å². The van der Waals surface area contributed by atoms with Crippen molar-refractivity contribution in [3.8, 4) is 5.75 Å². The Morgan fingerprint density at radius 2 is 1.96 bits per heavy atom. The third-order valence-corrected chi connectivity index (χ3v) is 6.74. The van der Waals surface area contributed by atoms with Crippen LogP contribution in [0.5, 0.6) is 5.75 Å². The Hall–Kier alpha value is -1.18. The van der Waals surface area contributed by atoms with E-state index in [1.54, 1.807) is 0 Å². The molecule has 1 unspecified atom stereocenters. The van der Waals surface area contributed by atoms with E-state index in [-0.39, 0.29) is 35.8 Å². The van der Waals surface area contributed by atoms with E-state index in [0.29, 0.717) is 13.0 Å². The Morgan fingerprint density at radius 1 is 1.21 bits per heavy atom. The monoisotopic (exact) mass is 357 g/mol. The van der Waals surface area contributed by atoms with Gasteiger partial charge < -0.3 is 9.84 Å². The summed E-state index contributed by atoms with van der Waals surface area (Å²) >= 11 is 0. The van der Waals surface area contributed by atoms with Crippen LogP contribution in [-0.4, -0.2) is 43.6 Å². The first-order chi connectivity index (χ1) is 11.5. The lowest BCUT2D eigenvalue weighted by atomic mass is 10.0. The van der Waals surface area contributed by atoms with Crippen LogP contribution in [0.25, 0.3) is 0 Å². The summed E-state index contributed by atoms with van der Waals surface area (Å²) in [6, 6.07) is 3.86. The number of benzene rings is 1. The molecular formula is C17H24FNO4S. The molecule has 1 aromatic carbocycles. The highest BCUT2D eigenvalue weighted by Crippen LogP contribution is 2.29. The fraction of sp³-hybridized carbons (Fsp3) is 0.647. The van der Waals surface area contributed by atoms with Crippen LogP contribution in [0.3, 0.4) is 0 Å². The summed E-state index contributed by atoms with van der Waals surface area (Å²) in [6.45, 7) is 0.649. The predicted molar refractivity (Wildman–Crippen MR) is 87.9 cm³/mol. The minimum absolute atomic E-state index is 0.0226. The van der Waals surface area contributed by atoms with Gasteiger partial charge in [0, 0.05) is 19.7 Å². The molecule has 5 nitrogen and oxygen atoms in total. The van der Waals surface area contributed by atoms with E-state index in [2.05, 4.69) is 0 Å². The number of nitrogens with zero attached hydrogens (tertiary/aromatic N) is 1. The van der Waals surface area contributed by atoms with Crippen LogP contribution >= 0.6 is 0 Å². The van der Waals surface area contributed by atoms with E-state index < -0.39 is 15.8 Å². The first-order valence-corrected chi connectivity index (χ1v) is 10.0. The van der Waals surface area contributed by atoms with Crippen molar-refractivity contribution in [2.24, 2.45) is 5.92 Å². The molecule has 0 aromatic heterocycles. The van der Waals surface area contributed by atoms with Crippen molar-refractivity contribution < 1.29 is 22.7 Å². The van der Waals surface area contributed by atoms with Crippen LogP contribution < -0.4 is 4.74 Å². The van der Waals surface area contributed by atoms with Gasteiger partial charge in [0.1, 0.15) is 0 Å². The number of sulfonamides is 1. The van der Waals surface area contributed by atoms with Gasteiger partial charge in [-0.05, 0) is 62.6 Å². The lowest BCUT2D eigenvalue weighted by Gasteiger charge is -2.31. The molecule has 1 saturated heterocycles. The molecule has 1 aliphatic heterocycles. The van der Waals surface area contributed by atoms with Crippen molar-refractivity contribution in [1.29, 1.82) is 0 Å². The van der Waals surface area contributed by atoms with E-state index in [1.807, 2.05) is 0 Å². The van der Waals surface area contributed by atoms with E-state index in [0.717, 1.165) is 38.2 Å². The number of halogens is 1. The molecule has 24 heavy (non-hydrogen) atoms. The maximum atomic E-state index is 14.3. The molecule has 0 bridgehead atoms. The van der Waals surface area contributed by atoms with Crippen LogP contribution in [0.1, 0.15) is 38.5 Å². The molecule has 7 heteroatoms. The Labute approximate surface area is 142 Å². The zero-order valence-electron chi connectivity index (χ0n) is 13.7. The van der Waals surface area contributed by atoms with Crippen molar-refractivity contribution in [1.82, 2.24) is 4.31 Å². The standard InChI is InChI=1S/C17H24FNO4S/c18-16-10-15(7-8-17(16)23-14-5-1-2-6-14)24(21,22)19-9-3-4-13(11-19)12-20/h7-8,10,13-14,20H,1-6,9,11-12H2. The first kappa shape index (κ1) is 17.6. The molecule has 0 amide bonds. The molecule has 1 heterocycles. The number of piperidine rings is 1. The molecule has 2 aliphatic rings. The second-order valence-electron chi connectivity index (χ2n) is 6.67. The molecule has 0 radical (unpaired) electrons. The second-order valence-corrected chi connectivity index (χ2v) is 8.61. The van der Waals surface area contributed by atoms with Gasteiger partial charge in [0.2, 0.25) is 10.0 Å². The van der Waals surface area contributed by atoms with Crippen molar-refractivity contribution >= 4 is 10.0 Å². The Bertz CT molecular complexity index is 673. The summed E-state index contributed by atoms with van der Waals surface area (Å²) in [7, 11) is -3.74. The van der Waals surface area contributed by atoms with E-state index in [4.69, 9.17) is 4.74 Å². The van der Waals surface area contributed by atoms with Crippen molar-refractivity contribution in [2.75, 3.05) is 19.7 Å². The van der Waals surface area contributed by atoms with E-state index in [9.17, 15) is 17.9 Å². The SMILES string of the molecule is O=S(=O)(c1ccc(OC2CCCC2)c(F)c1)N1CCCC(CO)C1. The van der Waals surface area contributed by atoms with Gasteiger partial charge >= 0.3 is 0 Å². The average molecular weight is 357 g/mol.